The second-order valence-corrected chi connectivity index (χ2v) is 5.93. The molecule has 0 fully saturated rings. The molecule has 2 N–H and O–H groups in total. The lowest BCUT2D eigenvalue weighted by molar-refractivity contribution is -0.124. The number of carbonyl (C=O) groups is 2. The largest absolute Gasteiger partial charge is 0.497 e. The summed E-state index contributed by atoms with van der Waals surface area (Å²) in [5.74, 6) is 0.143. The number of amides is 2. The van der Waals surface area contributed by atoms with Crippen molar-refractivity contribution < 1.29 is 14.3 Å². The highest BCUT2D eigenvalue weighted by Crippen LogP contribution is 2.23. The van der Waals surface area contributed by atoms with Crippen molar-refractivity contribution in [3.8, 4) is 5.75 Å². The Labute approximate surface area is 157 Å². The van der Waals surface area contributed by atoms with E-state index >= 15 is 0 Å². The Morgan fingerprint density at radius 3 is 2.50 bits per heavy atom. The minimum atomic E-state index is -0.340. The molecule has 2 aromatic carbocycles. The Kier molecular flexibility index (Phi) is 7.17. The Bertz CT molecular complexity index is 804. The van der Waals surface area contributed by atoms with Crippen LogP contribution in [-0.2, 0) is 9.59 Å². The van der Waals surface area contributed by atoms with Crippen molar-refractivity contribution in [2.75, 3.05) is 12.4 Å². The van der Waals surface area contributed by atoms with Gasteiger partial charge in [0.05, 0.1) is 13.3 Å². The van der Waals surface area contributed by atoms with Crippen LogP contribution in [-0.4, -0.2) is 25.1 Å². The molecule has 2 aromatic rings. The van der Waals surface area contributed by atoms with Crippen molar-refractivity contribution in [1.82, 2.24) is 5.43 Å². The SMILES string of the molecule is COc1ccc(C=NNC(=O)CCC(=O)Nc2cccc(Cl)c2C)cc1. The highest BCUT2D eigenvalue weighted by Gasteiger charge is 2.09. The smallest absolute Gasteiger partial charge is 0.240 e. The van der Waals surface area contributed by atoms with E-state index in [-0.39, 0.29) is 24.7 Å². The van der Waals surface area contributed by atoms with Crippen LogP contribution in [0.1, 0.15) is 24.0 Å². The molecule has 2 rings (SSSR count). The first-order chi connectivity index (χ1) is 12.5. The number of anilines is 1. The molecule has 7 heteroatoms. The molecule has 0 unspecified atom stereocenters. The van der Waals surface area contributed by atoms with Gasteiger partial charge in [0.1, 0.15) is 5.75 Å². The molecule has 0 aliphatic rings. The summed E-state index contributed by atoms with van der Waals surface area (Å²) in [5.41, 5.74) is 4.64. The zero-order valence-corrected chi connectivity index (χ0v) is 15.3. The first-order valence-electron chi connectivity index (χ1n) is 8.00. The van der Waals surface area contributed by atoms with E-state index < -0.39 is 0 Å². The van der Waals surface area contributed by atoms with Crippen molar-refractivity contribution in [2.24, 2.45) is 5.10 Å². The predicted molar refractivity (Wildman–Crippen MR) is 103 cm³/mol. The van der Waals surface area contributed by atoms with E-state index in [0.29, 0.717) is 10.7 Å². The number of carbonyl (C=O) groups excluding carboxylic acids is 2. The molecule has 0 saturated heterocycles. The van der Waals surface area contributed by atoms with Gasteiger partial charge in [-0.3, -0.25) is 9.59 Å². The molecule has 0 spiro atoms. The van der Waals surface area contributed by atoms with Gasteiger partial charge in [0.15, 0.2) is 0 Å². The molecule has 26 heavy (non-hydrogen) atoms. The minimum Gasteiger partial charge on any atom is -0.497 e. The third-order valence-corrected chi connectivity index (χ3v) is 4.05. The summed E-state index contributed by atoms with van der Waals surface area (Å²) < 4.78 is 5.06. The zero-order valence-electron chi connectivity index (χ0n) is 14.6. The van der Waals surface area contributed by atoms with Crippen molar-refractivity contribution in [3.63, 3.8) is 0 Å². The molecule has 0 aliphatic heterocycles. The monoisotopic (exact) mass is 373 g/mol. The number of ether oxygens (including phenoxy) is 1. The van der Waals surface area contributed by atoms with Crippen molar-refractivity contribution in [1.29, 1.82) is 0 Å². The van der Waals surface area contributed by atoms with Crippen LogP contribution in [0, 0.1) is 6.92 Å². The predicted octanol–water partition coefficient (Wildman–Crippen LogP) is 3.53. The molecule has 0 saturated carbocycles. The number of benzene rings is 2. The van der Waals surface area contributed by atoms with Crippen LogP contribution in [0.5, 0.6) is 5.75 Å². The number of methoxy groups -OCH3 is 1. The van der Waals surface area contributed by atoms with Gasteiger partial charge in [0.2, 0.25) is 11.8 Å². The van der Waals surface area contributed by atoms with E-state index in [1.807, 2.05) is 19.1 Å². The Hall–Kier alpha value is -2.86. The van der Waals surface area contributed by atoms with Gasteiger partial charge in [-0.1, -0.05) is 17.7 Å². The topological polar surface area (TPSA) is 79.8 Å². The third-order valence-electron chi connectivity index (χ3n) is 3.64. The fourth-order valence-electron chi connectivity index (χ4n) is 2.11. The van der Waals surface area contributed by atoms with Crippen LogP contribution in [0.2, 0.25) is 5.02 Å². The van der Waals surface area contributed by atoms with E-state index in [0.717, 1.165) is 16.9 Å². The Morgan fingerprint density at radius 1 is 1.12 bits per heavy atom. The van der Waals surface area contributed by atoms with Crippen LogP contribution >= 0.6 is 11.6 Å². The average Bonchev–Trinajstić information content (AvgIpc) is 2.64. The van der Waals surface area contributed by atoms with Crippen LogP contribution < -0.4 is 15.5 Å². The summed E-state index contributed by atoms with van der Waals surface area (Å²) in [6.07, 6.45) is 1.61. The highest BCUT2D eigenvalue weighted by atomic mass is 35.5. The van der Waals surface area contributed by atoms with Crippen molar-refractivity contribution in [2.45, 2.75) is 19.8 Å². The molecule has 6 nitrogen and oxygen atoms in total. The van der Waals surface area contributed by atoms with Crippen LogP contribution in [0.4, 0.5) is 5.69 Å². The van der Waals surface area contributed by atoms with Crippen molar-refractivity contribution >= 4 is 35.3 Å². The maximum absolute atomic E-state index is 12.0. The van der Waals surface area contributed by atoms with Crippen LogP contribution in [0.25, 0.3) is 0 Å². The zero-order chi connectivity index (χ0) is 18.9. The Balaban J connectivity index is 1.76. The summed E-state index contributed by atoms with van der Waals surface area (Å²) >= 11 is 6.01. The number of halogens is 1. The van der Waals surface area contributed by atoms with Gasteiger partial charge in [-0.2, -0.15) is 5.10 Å². The lowest BCUT2D eigenvalue weighted by Crippen LogP contribution is -2.20. The van der Waals surface area contributed by atoms with E-state index in [1.54, 1.807) is 37.4 Å². The fourth-order valence-corrected chi connectivity index (χ4v) is 2.28. The maximum Gasteiger partial charge on any atom is 0.240 e. The second-order valence-electron chi connectivity index (χ2n) is 5.53. The van der Waals surface area contributed by atoms with E-state index in [9.17, 15) is 9.59 Å². The minimum absolute atomic E-state index is 0.0331. The molecule has 2 amide bonds. The molecular formula is C19H20ClN3O3. The third kappa shape index (κ3) is 5.89. The second kappa shape index (κ2) is 9.58. The van der Waals surface area contributed by atoms with E-state index in [1.165, 1.54) is 6.21 Å². The van der Waals surface area contributed by atoms with Gasteiger partial charge in [0.25, 0.3) is 0 Å². The standard InChI is InChI=1S/C19H20ClN3O3/c1-13-16(20)4-3-5-17(13)22-18(24)10-11-19(25)23-21-12-14-6-8-15(26-2)9-7-14/h3-9,12H,10-11H2,1-2H3,(H,22,24)(H,23,25). The molecule has 0 aromatic heterocycles. The van der Waals surface area contributed by atoms with Crippen molar-refractivity contribution in [3.05, 3.63) is 58.6 Å². The highest BCUT2D eigenvalue weighted by molar-refractivity contribution is 6.31. The average molecular weight is 374 g/mol. The van der Waals surface area contributed by atoms with Crippen LogP contribution in [0.3, 0.4) is 0 Å². The van der Waals surface area contributed by atoms with Gasteiger partial charge in [0, 0.05) is 23.6 Å². The van der Waals surface area contributed by atoms with E-state index in [4.69, 9.17) is 16.3 Å². The Morgan fingerprint density at radius 2 is 1.81 bits per heavy atom. The molecular weight excluding hydrogens is 354 g/mol. The van der Waals surface area contributed by atoms with Gasteiger partial charge >= 0.3 is 0 Å². The number of nitrogens with zero attached hydrogens (tertiary/aromatic N) is 1. The van der Waals surface area contributed by atoms with Gasteiger partial charge in [-0.25, -0.2) is 5.43 Å². The lowest BCUT2D eigenvalue weighted by atomic mass is 10.2. The number of hydrogen-bond acceptors (Lipinski definition) is 4. The van der Waals surface area contributed by atoms with Gasteiger partial charge in [-0.15, -0.1) is 0 Å². The number of rotatable bonds is 7. The summed E-state index contributed by atoms with van der Waals surface area (Å²) in [7, 11) is 1.59. The number of hydrazone groups is 1. The quantitative estimate of drug-likeness (QED) is 0.575. The molecule has 0 atom stereocenters. The number of hydrogen-bond donors (Lipinski definition) is 2. The number of nitrogens with one attached hydrogen (secondary N) is 2. The van der Waals surface area contributed by atoms with E-state index in [2.05, 4.69) is 15.8 Å². The summed E-state index contributed by atoms with van der Waals surface area (Å²) in [6, 6.07) is 12.5. The molecule has 0 bridgehead atoms. The fraction of sp³-hybridized carbons (Fsp3) is 0.211. The molecule has 136 valence electrons. The molecule has 0 aliphatic carbocycles. The molecule has 0 heterocycles. The van der Waals surface area contributed by atoms with Gasteiger partial charge < -0.3 is 10.1 Å². The first kappa shape index (κ1) is 19.5. The first-order valence-corrected chi connectivity index (χ1v) is 8.38. The lowest BCUT2D eigenvalue weighted by Gasteiger charge is -2.09. The molecule has 0 radical (unpaired) electrons. The normalized spacial score (nSPS) is 10.6. The maximum atomic E-state index is 12.0. The van der Waals surface area contributed by atoms with Crippen LogP contribution in [0.15, 0.2) is 47.6 Å². The van der Waals surface area contributed by atoms with Gasteiger partial charge in [-0.05, 0) is 54.4 Å². The summed E-state index contributed by atoms with van der Waals surface area (Å²) in [4.78, 5) is 23.7. The summed E-state index contributed by atoms with van der Waals surface area (Å²) in [5, 5.41) is 7.19. The summed E-state index contributed by atoms with van der Waals surface area (Å²) in [6.45, 7) is 1.82.